The smallest absolute Gasteiger partial charge is 0.0501 e. The van der Waals surface area contributed by atoms with E-state index in [4.69, 9.17) is 4.74 Å². The van der Waals surface area contributed by atoms with Crippen LogP contribution in [0.15, 0.2) is 0 Å². The Morgan fingerprint density at radius 2 is 2.09 bits per heavy atom. The Labute approximate surface area is 75.9 Å². The molecule has 0 aromatic carbocycles. The Hall–Kier alpha value is 0.310. The maximum Gasteiger partial charge on any atom is 0.0501 e. The molecule has 0 rings (SSSR count). The predicted octanol–water partition coefficient (Wildman–Crippen LogP) is 2.76. The molecular formula is C9H20OS. The van der Waals surface area contributed by atoms with E-state index >= 15 is 0 Å². The Morgan fingerprint density at radius 3 is 2.55 bits per heavy atom. The summed E-state index contributed by atoms with van der Waals surface area (Å²) >= 11 is 4.24. The van der Waals surface area contributed by atoms with E-state index in [1.807, 2.05) is 0 Å². The van der Waals surface area contributed by atoms with Crippen molar-refractivity contribution in [3.05, 3.63) is 0 Å². The quantitative estimate of drug-likeness (QED) is 0.463. The van der Waals surface area contributed by atoms with Crippen molar-refractivity contribution in [2.75, 3.05) is 19.0 Å². The number of rotatable bonds is 7. The number of unbranched alkanes of at least 4 members (excludes halogenated alkanes) is 1. The molecule has 0 heterocycles. The van der Waals surface area contributed by atoms with Gasteiger partial charge in [-0.05, 0) is 18.1 Å². The topological polar surface area (TPSA) is 9.23 Å². The summed E-state index contributed by atoms with van der Waals surface area (Å²) in [6.07, 6.45) is 3.58. The Bertz CT molecular complexity index is 72.0. The fourth-order valence-electron chi connectivity index (χ4n) is 0.796. The fourth-order valence-corrected chi connectivity index (χ4v) is 1.16. The summed E-state index contributed by atoms with van der Waals surface area (Å²) in [7, 11) is 0. The molecule has 1 atom stereocenters. The van der Waals surface area contributed by atoms with Crippen molar-refractivity contribution in [1.82, 2.24) is 0 Å². The average Bonchev–Trinajstić information content (AvgIpc) is 2.05. The predicted molar refractivity (Wildman–Crippen MR) is 53.4 cm³/mol. The van der Waals surface area contributed by atoms with E-state index in [2.05, 4.69) is 26.5 Å². The van der Waals surface area contributed by atoms with E-state index < -0.39 is 0 Å². The van der Waals surface area contributed by atoms with Crippen LogP contribution in [-0.2, 0) is 4.74 Å². The van der Waals surface area contributed by atoms with Gasteiger partial charge in [-0.1, -0.05) is 26.7 Å². The summed E-state index contributed by atoms with van der Waals surface area (Å²) in [5, 5.41) is 0. The molecule has 0 radical (unpaired) electrons. The first-order valence-electron chi connectivity index (χ1n) is 4.53. The van der Waals surface area contributed by atoms with Crippen LogP contribution in [0.4, 0.5) is 0 Å². The lowest BCUT2D eigenvalue weighted by atomic mass is 10.1. The van der Waals surface area contributed by atoms with Crippen molar-refractivity contribution < 1.29 is 4.74 Å². The van der Waals surface area contributed by atoms with Crippen LogP contribution in [0.5, 0.6) is 0 Å². The lowest BCUT2D eigenvalue weighted by molar-refractivity contribution is 0.103. The Morgan fingerprint density at radius 1 is 1.36 bits per heavy atom. The van der Waals surface area contributed by atoms with E-state index in [9.17, 15) is 0 Å². The van der Waals surface area contributed by atoms with Crippen LogP contribution in [0.25, 0.3) is 0 Å². The van der Waals surface area contributed by atoms with Gasteiger partial charge in [-0.25, -0.2) is 0 Å². The van der Waals surface area contributed by atoms with Crippen LogP contribution in [0.2, 0.25) is 0 Å². The molecule has 0 aliphatic heterocycles. The van der Waals surface area contributed by atoms with Crippen molar-refractivity contribution in [2.24, 2.45) is 5.92 Å². The van der Waals surface area contributed by atoms with Crippen LogP contribution < -0.4 is 0 Å². The summed E-state index contributed by atoms with van der Waals surface area (Å²) in [6, 6.07) is 0. The molecular weight excluding hydrogens is 156 g/mol. The highest BCUT2D eigenvalue weighted by Crippen LogP contribution is 2.05. The maximum atomic E-state index is 5.47. The second-order valence-electron chi connectivity index (χ2n) is 2.89. The Balaban J connectivity index is 3.07. The first-order chi connectivity index (χ1) is 5.35. The number of hydrogen-bond acceptors (Lipinski definition) is 2. The minimum atomic E-state index is 0.648. The van der Waals surface area contributed by atoms with Gasteiger partial charge in [-0.3, -0.25) is 0 Å². The molecule has 2 heteroatoms. The molecule has 1 nitrogen and oxygen atoms in total. The molecule has 0 saturated heterocycles. The van der Waals surface area contributed by atoms with Gasteiger partial charge in [0.2, 0.25) is 0 Å². The first kappa shape index (κ1) is 11.3. The normalized spacial score (nSPS) is 13.4. The van der Waals surface area contributed by atoms with E-state index in [0.29, 0.717) is 5.92 Å². The molecule has 0 N–H and O–H groups in total. The molecule has 0 aliphatic rings. The number of thiol groups is 1. The molecule has 0 fully saturated rings. The summed E-state index contributed by atoms with van der Waals surface area (Å²) in [5.74, 6) is 1.60. The van der Waals surface area contributed by atoms with Gasteiger partial charge in [0.05, 0.1) is 6.61 Å². The minimum Gasteiger partial charge on any atom is -0.381 e. The zero-order valence-corrected chi connectivity index (χ0v) is 8.57. The van der Waals surface area contributed by atoms with Crippen molar-refractivity contribution in [1.29, 1.82) is 0 Å². The van der Waals surface area contributed by atoms with E-state index in [1.165, 1.54) is 19.3 Å². The molecule has 0 aromatic heterocycles. The largest absolute Gasteiger partial charge is 0.381 e. The van der Waals surface area contributed by atoms with Crippen LogP contribution in [0.3, 0.4) is 0 Å². The molecule has 0 aromatic rings. The summed E-state index contributed by atoms with van der Waals surface area (Å²) in [6.45, 7) is 6.17. The second kappa shape index (κ2) is 8.41. The van der Waals surface area contributed by atoms with Gasteiger partial charge < -0.3 is 4.74 Å². The fraction of sp³-hybridized carbons (Fsp3) is 1.00. The highest BCUT2D eigenvalue weighted by Gasteiger charge is 2.02. The van der Waals surface area contributed by atoms with Crippen molar-refractivity contribution in [3.63, 3.8) is 0 Å². The van der Waals surface area contributed by atoms with Crippen molar-refractivity contribution in [3.8, 4) is 0 Å². The third kappa shape index (κ3) is 6.70. The van der Waals surface area contributed by atoms with Crippen molar-refractivity contribution in [2.45, 2.75) is 33.1 Å². The molecule has 0 spiro atoms. The van der Waals surface area contributed by atoms with Gasteiger partial charge in [-0.2, -0.15) is 12.6 Å². The van der Waals surface area contributed by atoms with Gasteiger partial charge in [-0.15, -0.1) is 0 Å². The SMILES string of the molecule is CCCCOCC(CC)CS. The minimum absolute atomic E-state index is 0.648. The number of hydrogen-bond donors (Lipinski definition) is 1. The maximum absolute atomic E-state index is 5.47. The Kier molecular flexibility index (Phi) is 8.64. The standard InChI is InChI=1S/C9H20OS/c1-3-5-6-10-7-9(4-2)8-11/h9,11H,3-8H2,1-2H3. The van der Waals surface area contributed by atoms with Crippen molar-refractivity contribution >= 4 is 12.6 Å². The molecule has 0 amide bonds. The second-order valence-corrected chi connectivity index (χ2v) is 3.25. The molecule has 0 saturated carbocycles. The lowest BCUT2D eigenvalue weighted by Gasteiger charge is -2.11. The van der Waals surface area contributed by atoms with E-state index in [0.717, 1.165) is 19.0 Å². The summed E-state index contributed by atoms with van der Waals surface area (Å²) < 4.78 is 5.47. The molecule has 11 heavy (non-hydrogen) atoms. The summed E-state index contributed by atoms with van der Waals surface area (Å²) in [5.41, 5.74) is 0. The highest BCUT2D eigenvalue weighted by molar-refractivity contribution is 7.80. The van der Waals surface area contributed by atoms with Gasteiger partial charge in [0.25, 0.3) is 0 Å². The average molecular weight is 176 g/mol. The third-order valence-corrected chi connectivity index (χ3v) is 2.35. The zero-order valence-electron chi connectivity index (χ0n) is 7.68. The highest BCUT2D eigenvalue weighted by atomic mass is 32.1. The summed E-state index contributed by atoms with van der Waals surface area (Å²) in [4.78, 5) is 0. The molecule has 1 unspecified atom stereocenters. The van der Waals surface area contributed by atoms with Gasteiger partial charge in [0.1, 0.15) is 0 Å². The van der Waals surface area contributed by atoms with E-state index in [-0.39, 0.29) is 0 Å². The van der Waals surface area contributed by atoms with Gasteiger partial charge >= 0.3 is 0 Å². The van der Waals surface area contributed by atoms with Crippen LogP contribution in [0.1, 0.15) is 33.1 Å². The first-order valence-corrected chi connectivity index (χ1v) is 5.16. The zero-order chi connectivity index (χ0) is 8.53. The molecule has 0 bridgehead atoms. The van der Waals surface area contributed by atoms with Gasteiger partial charge in [0, 0.05) is 6.61 Å². The third-order valence-electron chi connectivity index (χ3n) is 1.83. The van der Waals surface area contributed by atoms with Gasteiger partial charge in [0.15, 0.2) is 0 Å². The van der Waals surface area contributed by atoms with Crippen LogP contribution in [-0.4, -0.2) is 19.0 Å². The monoisotopic (exact) mass is 176 g/mol. The lowest BCUT2D eigenvalue weighted by Crippen LogP contribution is -2.10. The molecule has 0 aliphatic carbocycles. The van der Waals surface area contributed by atoms with Crippen LogP contribution >= 0.6 is 12.6 Å². The number of ether oxygens (including phenoxy) is 1. The van der Waals surface area contributed by atoms with E-state index in [1.54, 1.807) is 0 Å². The van der Waals surface area contributed by atoms with Crippen LogP contribution in [0, 0.1) is 5.92 Å². The molecule has 68 valence electrons.